The molecule has 2 rings (SSSR count). The number of carbonyl (C=O) groups is 1. The van der Waals surface area contributed by atoms with Gasteiger partial charge in [-0.15, -0.1) is 0 Å². The fraction of sp³-hybridized carbons (Fsp3) is 0.588. The topological polar surface area (TPSA) is 38.8 Å². The van der Waals surface area contributed by atoms with Crippen LogP contribution in [-0.2, 0) is 4.74 Å². The standard InChI is InChI=1S/C17H24ClNO3/c1-12-14(18)6-5-7-15(12)21-11-13-8-9-19(10-13)16(20)22-17(2,3)4/h5-7,13H,8-11H2,1-4H3/t13-/m0/s1. The summed E-state index contributed by atoms with van der Waals surface area (Å²) in [6.45, 7) is 9.56. The first kappa shape index (κ1) is 16.9. The van der Waals surface area contributed by atoms with E-state index >= 15 is 0 Å². The fourth-order valence-electron chi connectivity index (χ4n) is 2.41. The van der Waals surface area contributed by atoms with Crippen molar-refractivity contribution in [2.24, 2.45) is 5.92 Å². The largest absolute Gasteiger partial charge is 0.493 e. The van der Waals surface area contributed by atoms with Crippen LogP contribution in [-0.4, -0.2) is 36.3 Å². The molecule has 1 heterocycles. The second-order valence-corrected chi connectivity index (χ2v) is 7.16. The minimum absolute atomic E-state index is 0.242. The van der Waals surface area contributed by atoms with Crippen LogP contribution in [0.4, 0.5) is 4.79 Å². The Morgan fingerprint density at radius 2 is 2.14 bits per heavy atom. The Kier molecular flexibility index (Phi) is 5.22. The first-order chi connectivity index (χ1) is 10.3. The van der Waals surface area contributed by atoms with E-state index in [2.05, 4.69) is 0 Å². The Bertz CT molecular complexity index is 539. The highest BCUT2D eigenvalue weighted by atomic mass is 35.5. The average molecular weight is 326 g/mol. The van der Waals surface area contributed by atoms with Crippen molar-refractivity contribution < 1.29 is 14.3 Å². The van der Waals surface area contributed by atoms with Gasteiger partial charge in [-0.1, -0.05) is 17.7 Å². The first-order valence-electron chi connectivity index (χ1n) is 7.62. The van der Waals surface area contributed by atoms with E-state index in [0.717, 1.165) is 24.3 Å². The molecule has 1 aromatic rings. The lowest BCUT2D eigenvalue weighted by molar-refractivity contribution is 0.0285. The highest BCUT2D eigenvalue weighted by molar-refractivity contribution is 6.31. The number of carbonyl (C=O) groups excluding carboxylic acids is 1. The lowest BCUT2D eigenvalue weighted by atomic mass is 10.1. The van der Waals surface area contributed by atoms with Crippen molar-refractivity contribution in [2.75, 3.05) is 19.7 Å². The molecule has 0 spiro atoms. The number of benzene rings is 1. The summed E-state index contributed by atoms with van der Waals surface area (Å²) >= 11 is 6.09. The summed E-state index contributed by atoms with van der Waals surface area (Å²) in [6.07, 6.45) is 0.688. The van der Waals surface area contributed by atoms with E-state index in [9.17, 15) is 4.79 Å². The van der Waals surface area contributed by atoms with Crippen LogP contribution < -0.4 is 4.74 Å². The summed E-state index contributed by atoms with van der Waals surface area (Å²) in [7, 11) is 0. The first-order valence-corrected chi connectivity index (χ1v) is 8.00. The molecular weight excluding hydrogens is 302 g/mol. The van der Waals surface area contributed by atoms with E-state index < -0.39 is 5.60 Å². The molecular formula is C17H24ClNO3. The average Bonchev–Trinajstić information content (AvgIpc) is 2.87. The van der Waals surface area contributed by atoms with Crippen LogP contribution in [0.1, 0.15) is 32.8 Å². The summed E-state index contributed by atoms with van der Waals surface area (Å²) < 4.78 is 11.3. The Balaban J connectivity index is 1.84. The van der Waals surface area contributed by atoms with Crippen LogP contribution in [0.2, 0.25) is 5.02 Å². The number of nitrogens with zero attached hydrogens (tertiary/aromatic N) is 1. The molecule has 22 heavy (non-hydrogen) atoms. The van der Waals surface area contributed by atoms with E-state index in [-0.39, 0.29) is 6.09 Å². The maximum absolute atomic E-state index is 12.0. The molecule has 0 radical (unpaired) electrons. The Morgan fingerprint density at radius 3 is 2.82 bits per heavy atom. The van der Waals surface area contributed by atoms with Gasteiger partial charge in [-0.05, 0) is 46.2 Å². The van der Waals surface area contributed by atoms with E-state index in [4.69, 9.17) is 21.1 Å². The number of hydrogen-bond acceptors (Lipinski definition) is 3. The molecule has 4 nitrogen and oxygen atoms in total. The number of ether oxygens (including phenoxy) is 2. The molecule has 0 aromatic heterocycles. The van der Waals surface area contributed by atoms with E-state index in [1.807, 2.05) is 45.9 Å². The maximum Gasteiger partial charge on any atom is 0.410 e. The van der Waals surface area contributed by atoms with Gasteiger partial charge in [0.25, 0.3) is 0 Å². The van der Waals surface area contributed by atoms with Crippen LogP contribution in [0, 0.1) is 12.8 Å². The Labute approximate surface area is 137 Å². The van der Waals surface area contributed by atoms with Gasteiger partial charge < -0.3 is 14.4 Å². The number of halogens is 1. The predicted molar refractivity (Wildman–Crippen MR) is 87.6 cm³/mol. The molecule has 122 valence electrons. The maximum atomic E-state index is 12.0. The zero-order valence-electron chi connectivity index (χ0n) is 13.7. The molecule has 1 aromatic carbocycles. The molecule has 1 aliphatic rings. The van der Waals surface area contributed by atoms with Gasteiger partial charge in [-0.3, -0.25) is 0 Å². The summed E-state index contributed by atoms with van der Waals surface area (Å²) in [5, 5.41) is 0.708. The molecule has 0 unspecified atom stereocenters. The second-order valence-electron chi connectivity index (χ2n) is 6.76. The highest BCUT2D eigenvalue weighted by Gasteiger charge is 2.30. The third-order valence-electron chi connectivity index (χ3n) is 3.63. The normalized spacial score (nSPS) is 18.4. The van der Waals surface area contributed by atoms with E-state index in [1.54, 1.807) is 4.90 Å². The summed E-state index contributed by atoms with van der Waals surface area (Å²) in [5.74, 6) is 1.13. The molecule has 5 heteroatoms. The summed E-state index contributed by atoms with van der Waals surface area (Å²) in [4.78, 5) is 13.8. The number of likely N-dealkylation sites (tertiary alicyclic amines) is 1. The van der Waals surface area contributed by atoms with Crippen molar-refractivity contribution in [3.63, 3.8) is 0 Å². The van der Waals surface area contributed by atoms with Gasteiger partial charge in [0.15, 0.2) is 0 Å². The predicted octanol–water partition coefficient (Wildman–Crippen LogP) is 4.28. The van der Waals surface area contributed by atoms with Crippen molar-refractivity contribution >= 4 is 17.7 Å². The summed E-state index contributed by atoms with van der Waals surface area (Å²) in [5.41, 5.74) is 0.495. The van der Waals surface area contributed by atoms with E-state index in [0.29, 0.717) is 24.1 Å². The van der Waals surface area contributed by atoms with Crippen LogP contribution in [0.25, 0.3) is 0 Å². The highest BCUT2D eigenvalue weighted by Crippen LogP contribution is 2.27. The van der Waals surface area contributed by atoms with Gasteiger partial charge in [0.2, 0.25) is 0 Å². The Morgan fingerprint density at radius 1 is 1.41 bits per heavy atom. The second kappa shape index (κ2) is 6.78. The molecule has 1 fully saturated rings. The van der Waals surface area contributed by atoms with Crippen molar-refractivity contribution in [1.29, 1.82) is 0 Å². The SMILES string of the molecule is Cc1c(Cl)cccc1OC[C@H]1CCN(C(=O)OC(C)(C)C)C1. The van der Waals surface area contributed by atoms with Gasteiger partial charge in [0.05, 0.1) is 6.61 Å². The minimum atomic E-state index is -0.455. The molecule has 1 aliphatic heterocycles. The van der Waals surface area contributed by atoms with Crippen molar-refractivity contribution in [3.8, 4) is 5.75 Å². The number of hydrogen-bond donors (Lipinski definition) is 0. The third kappa shape index (κ3) is 4.54. The van der Waals surface area contributed by atoms with Crippen molar-refractivity contribution in [2.45, 2.75) is 39.7 Å². The lowest BCUT2D eigenvalue weighted by Crippen LogP contribution is -2.35. The molecule has 0 bridgehead atoms. The minimum Gasteiger partial charge on any atom is -0.493 e. The van der Waals surface area contributed by atoms with Gasteiger partial charge in [-0.25, -0.2) is 4.79 Å². The van der Waals surface area contributed by atoms with Crippen LogP contribution in [0.3, 0.4) is 0 Å². The zero-order chi connectivity index (χ0) is 16.3. The summed E-state index contributed by atoms with van der Waals surface area (Å²) in [6, 6.07) is 5.65. The molecule has 0 saturated carbocycles. The molecule has 1 saturated heterocycles. The molecule has 0 N–H and O–H groups in total. The quantitative estimate of drug-likeness (QED) is 0.832. The van der Waals surface area contributed by atoms with Gasteiger partial charge in [-0.2, -0.15) is 0 Å². The lowest BCUT2D eigenvalue weighted by Gasteiger charge is -2.24. The molecule has 1 amide bonds. The third-order valence-corrected chi connectivity index (χ3v) is 4.04. The van der Waals surface area contributed by atoms with Gasteiger partial charge in [0.1, 0.15) is 11.4 Å². The molecule has 1 atom stereocenters. The Hall–Kier alpha value is -1.42. The van der Waals surface area contributed by atoms with Crippen LogP contribution in [0.15, 0.2) is 18.2 Å². The van der Waals surface area contributed by atoms with Gasteiger partial charge in [0, 0.05) is 29.6 Å². The van der Waals surface area contributed by atoms with Crippen LogP contribution in [0.5, 0.6) is 5.75 Å². The zero-order valence-corrected chi connectivity index (χ0v) is 14.4. The monoisotopic (exact) mass is 325 g/mol. The van der Waals surface area contributed by atoms with Crippen molar-refractivity contribution in [3.05, 3.63) is 28.8 Å². The number of amides is 1. The smallest absolute Gasteiger partial charge is 0.410 e. The molecule has 0 aliphatic carbocycles. The van der Waals surface area contributed by atoms with Gasteiger partial charge >= 0.3 is 6.09 Å². The van der Waals surface area contributed by atoms with Crippen molar-refractivity contribution in [1.82, 2.24) is 4.90 Å². The number of rotatable bonds is 3. The van der Waals surface area contributed by atoms with E-state index in [1.165, 1.54) is 0 Å². The van der Waals surface area contributed by atoms with Crippen LogP contribution >= 0.6 is 11.6 Å². The fourth-order valence-corrected chi connectivity index (χ4v) is 2.58.